The molecule has 1 N–H and O–H groups in total. The van der Waals surface area contributed by atoms with Crippen molar-refractivity contribution in [3.63, 3.8) is 0 Å². The van der Waals surface area contributed by atoms with Gasteiger partial charge in [-0.3, -0.25) is 0 Å². The van der Waals surface area contributed by atoms with Gasteiger partial charge in [0.25, 0.3) is 0 Å². The molecule has 0 aliphatic carbocycles. The van der Waals surface area contributed by atoms with Crippen LogP contribution in [0.25, 0.3) is 0 Å². The monoisotopic (exact) mass is 176 g/mol. The van der Waals surface area contributed by atoms with Crippen LogP contribution >= 0.6 is 0 Å². The van der Waals surface area contributed by atoms with Crippen LogP contribution in [-0.2, 0) is 9.47 Å². The normalized spacial score (nSPS) is 16.5. The minimum absolute atomic E-state index is 0.0184. The van der Waals surface area contributed by atoms with Gasteiger partial charge < -0.3 is 14.6 Å². The van der Waals surface area contributed by atoms with Gasteiger partial charge in [0.2, 0.25) is 0 Å². The fraction of sp³-hybridized carbons (Fsp3) is 1.00. The van der Waals surface area contributed by atoms with Crippen LogP contribution in [0.2, 0.25) is 0 Å². The summed E-state index contributed by atoms with van der Waals surface area (Å²) >= 11 is 0. The van der Waals surface area contributed by atoms with E-state index in [0.29, 0.717) is 13.2 Å². The molecule has 0 aliphatic heterocycles. The molecule has 74 valence electrons. The lowest BCUT2D eigenvalue weighted by atomic mass is 10.1. The van der Waals surface area contributed by atoms with E-state index in [-0.39, 0.29) is 12.2 Å². The first-order valence-corrected chi connectivity index (χ1v) is 4.54. The predicted molar refractivity (Wildman–Crippen MR) is 47.9 cm³/mol. The lowest BCUT2D eigenvalue weighted by Gasteiger charge is -2.25. The van der Waals surface area contributed by atoms with Crippen LogP contribution in [0.3, 0.4) is 0 Å². The SMILES string of the molecule is CCOC(OCC)C(C)C(C)O. The number of aliphatic hydroxyl groups excluding tert-OH is 1. The first-order chi connectivity index (χ1) is 5.63. The zero-order valence-corrected chi connectivity index (χ0v) is 8.41. The van der Waals surface area contributed by atoms with Crippen molar-refractivity contribution in [1.29, 1.82) is 0 Å². The van der Waals surface area contributed by atoms with Crippen molar-refractivity contribution in [2.75, 3.05) is 13.2 Å². The summed E-state index contributed by atoms with van der Waals surface area (Å²) in [4.78, 5) is 0. The first-order valence-electron chi connectivity index (χ1n) is 4.54. The molecule has 0 fully saturated rings. The number of hydrogen-bond donors (Lipinski definition) is 1. The molecule has 3 heteroatoms. The van der Waals surface area contributed by atoms with Crippen LogP contribution in [0.4, 0.5) is 0 Å². The maximum absolute atomic E-state index is 9.28. The number of rotatable bonds is 6. The highest BCUT2D eigenvalue weighted by Gasteiger charge is 2.21. The van der Waals surface area contributed by atoms with Crippen molar-refractivity contribution in [3.8, 4) is 0 Å². The number of ether oxygens (including phenoxy) is 2. The highest BCUT2D eigenvalue weighted by Crippen LogP contribution is 2.13. The Labute approximate surface area is 74.7 Å². The van der Waals surface area contributed by atoms with Gasteiger partial charge in [0.05, 0.1) is 6.10 Å². The molecule has 3 nitrogen and oxygen atoms in total. The summed E-state index contributed by atoms with van der Waals surface area (Å²) in [5.41, 5.74) is 0. The molecule has 12 heavy (non-hydrogen) atoms. The second-order valence-electron chi connectivity index (χ2n) is 2.88. The molecule has 0 saturated heterocycles. The summed E-state index contributed by atoms with van der Waals surface area (Å²) < 4.78 is 10.6. The maximum Gasteiger partial charge on any atom is 0.162 e. The third-order valence-electron chi connectivity index (χ3n) is 1.85. The molecule has 0 amide bonds. The lowest BCUT2D eigenvalue weighted by Crippen LogP contribution is -2.32. The topological polar surface area (TPSA) is 38.7 Å². The van der Waals surface area contributed by atoms with E-state index in [0.717, 1.165) is 0 Å². The molecule has 0 radical (unpaired) electrons. The van der Waals surface area contributed by atoms with E-state index in [1.54, 1.807) is 6.92 Å². The summed E-state index contributed by atoms with van der Waals surface area (Å²) in [6.07, 6.45) is -0.673. The Morgan fingerprint density at radius 1 is 1.08 bits per heavy atom. The fourth-order valence-electron chi connectivity index (χ4n) is 0.908. The van der Waals surface area contributed by atoms with Crippen molar-refractivity contribution >= 4 is 0 Å². The zero-order chi connectivity index (χ0) is 9.56. The van der Waals surface area contributed by atoms with Crippen LogP contribution in [0, 0.1) is 5.92 Å². The standard InChI is InChI=1S/C9H20O3/c1-5-11-9(12-6-2)7(3)8(4)10/h7-10H,5-6H2,1-4H3. The van der Waals surface area contributed by atoms with E-state index in [9.17, 15) is 5.11 Å². The molecule has 0 aromatic rings. The molecule has 0 saturated carbocycles. The van der Waals surface area contributed by atoms with Gasteiger partial charge in [-0.15, -0.1) is 0 Å². The van der Waals surface area contributed by atoms with Crippen molar-refractivity contribution in [2.24, 2.45) is 5.92 Å². The average molecular weight is 176 g/mol. The summed E-state index contributed by atoms with van der Waals surface area (Å²) in [5.74, 6) is 0.0184. The van der Waals surface area contributed by atoms with E-state index in [1.165, 1.54) is 0 Å². The highest BCUT2D eigenvalue weighted by molar-refractivity contribution is 4.63. The van der Waals surface area contributed by atoms with E-state index < -0.39 is 6.10 Å². The van der Waals surface area contributed by atoms with E-state index >= 15 is 0 Å². The van der Waals surface area contributed by atoms with Gasteiger partial charge in [-0.25, -0.2) is 0 Å². The number of aliphatic hydroxyl groups is 1. The molecule has 2 atom stereocenters. The fourth-order valence-corrected chi connectivity index (χ4v) is 0.908. The van der Waals surface area contributed by atoms with Crippen LogP contribution in [0.5, 0.6) is 0 Å². The summed E-state index contributed by atoms with van der Waals surface area (Å²) in [6.45, 7) is 8.72. The van der Waals surface area contributed by atoms with Gasteiger partial charge in [0.1, 0.15) is 0 Å². The Kier molecular flexibility index (Phi) is 6.34. The van der Waals surface area contributed by atoms with Gasteiger partial charge in [-0.1, -0.05) is 6.92 Å². The molecule has 0 rings (SSSR count). The Bertz CT molecular complexity index is 97.9. The first kappa shape index (κ1) is 11.9. The third-order valence-corrected chi connectivity index (χ3v) is 1.85. The number of hydrogen-bond acceptors (Lipinski definition) is 3. The molecular formula is C9H20O3. The van der Waals surface area contributed by atoms with Crippen LogP contribution in [0.15, 0.2) is 0 Å². The van der Waals surface area contributed by atoms with Crippen molar-refractivity contribution < 1.29 is 14.6 Å². The van der Waals surface area contributed by atoms with Gasteiger partial charge in [-0.2, -0.15) is 0 Å². The summed E-state index contributed by atoms with van der Waals surface area (Å²) in [5, 5.41) is 9.28. The van der Waals surface area contributed by atoms with Crippen LogP contribution in [-0.4, -0.2) is 30.7 Å². The Morgan fingerprint density at radius 3 is 1.75 bits per heavy atom. The van der Waals surface area contributed by atoms with E-state index in [1.807, 2.05) is 20.8 Å². The molecule has 0 aromatic carbocycles. The Hall–Kier alpha value is -0.120. The van der Waals surface area contributed by atoms with Crippen LogP contribution in [0.1, 0.15) is 27.7 Å². The largest absolute Gasteiger partial charge is 0.393 e. The van der Waals surface area contributed by atoms with Gasteiger partial charge in [-0.05, 0) is 20.8 Å². The molecule has 0 heterocycles. The molecule has 2 unspecified atom stereocenters. The Morgan fingerprint density at radius 2 is 1.50 bits per heavy atom. The van der Waals surface area contributed by atoms with Gasteiger partial charge in [0, 0.05) is 19.1 Å². The van der Waals surface area contributed by atoms with Gasteiger partial charge >= 0.3 is 0 Å². The molecule has 0 aromatic heterocycles. The minimum Gasteiger partial charge on any atom is -0.393 e. The molecule has 0 spiro atoms. The molecule has 0 bridgehead atoms. The predicted octanol–water partition coefficient (Wildman–Crippen LogP) is 1.40. The second kappa shape index (κ2) is 6.40. The maximum atomic E-state index is 9.28. The zero-order valence-electron chi connectivity index (χ0n) is 8.41. The molecule has 0 aliphatic rings. The van der Waals surface area contributed by atoms with E-state index in [4.69, 9.17) is 9.47 Å². The van der Waals surface area contributed by atoms with Crippen molar-refractivity contribution in [1.82, 2.24) is 0 Å². The molecular weight excluding hydrogens is 156 g/mol. The lowest BCUT2D eigenvalue weighted by molar-refractivity contribution is -0.180. The quantitative estimate of drug-likeness (QED) is 0.622. The average Bonchev–Trinajstić information content (AvgIpc) is 2.03. The van der Waals surface area contributed by atoms with Gasteiger partial charge in [0.15, 0.2) is 6.29 Å². The highest BCUT2D eigenvalue weighted by atomic mass is 16.7. The smallest absolute Gasteiger partial charge is 0.162 e. The third kappa shape index (κ3) is 4.04. The van der Waals surface area contributed by atoms with Crippen molar-refractivity contribution in [2.45, 2.75) is 40.1 Å². The van der Waals surface area contributed by atoms with Crippen LogP contribution < -0.4 is 0 Å². The second-order valence-corrected chi connectivity index (χ2v) is 2.88. The van der Waals surface area contributed by atoms with E-state index in [2.05, 4.69) is 0 Å². The minimum atomic E-state index is -0.395. The van der Waals surface area contributed by atoms with Crippen molar-refractivity contribution in [3.05, 3.63) is 0 Å². The summed E-state index contributed by atoms with van der Waals surface area (Å²) in [7, 11) is 0. The summed E-state index contributed by atoms with van der Waals surface area (Å²) in [6, 6.07) is 0. The Balaban J connectivity index is 3.89.